The molecule has 0 saturated heterocycles. The maximum absolute atomic E-state index is 10.2. The molecule has 2 unspecified atom stereocenters. The lowest BCUT2D eigenvalue weighted by Gasteiger charge is -2.19. The maximum atomic E-state index is 10.2. The van der Waals surface area contributed by atoms with Crippen LogP contribution in [0.25, 0.3) is 0 Å². The highest BCUT2D eigenvalue weighted by molar-refractivity contribution is 5.37. The number of carbonyl (C=O) groups excluding carboxylic acids is 1. The zero-order valence-electron chi connectivity index (χ0n) is 10.6. The van der Waals surface area contributed by atoms with Crippen LogP contribution in [0.4, 0.5) is 0 Å². The van der Waals surface area contributed by atoms with Crippen molar-refractivity contribution in [2.75, 3.05) is 6.61 Å². The fraction of sp³-hybridized carbons (Fsp3) is 0.500. The van der Waals surface area contributed by atoms with Crippen LogP contribution >= 0.6 is 0 Å². The van der Waals surface area contributed by atoms with Crippen molar-refractivity contribution < 1.29 is 19.7 Å². The average Bonchev–Trinajstić information content (AvgIpc) is 2.39. The van der Waals surface area contributed by atoms with Gasteiger partial charge in [-0.3, -0.25) is 4.79 Å². The number of hydrogen-bond donors (Lipinski definition) is 2. The Balaban J connectivity index is 2.71. The summed E-state index contributed by atoms with van der Waals surface area (Å²) in [7, 11) is 0. The van der Waals surface area contributed by atoms with Crippen molar-refractivity contribution in [2.45, 2.75) is 38.4 Å². The molecule has 2 atom stereocenters. The van der Waals surface area contributed by atoms with E-state index in [1.54, 1.807) is 0 Å². The van der Waals surface area contributed by atoms with Crippen LogP contribution < -0.4 is 0 Å². The minimum Gasteiger partial charge on any atom is -0.437 e. The summed E-state index contributed by atoms with van der Waals surface area (Å²) in [6.45, 7) is 2.05. The van der Waals surface area contributed by atoms with Crippen LogP contribution in [0.3, 0.4) is 0 Å². The van der Waals surface area contributed by atoms with Gasteiger partial charge in [0, 0.05) is 0 Å². The normalized spacial score (nSPS) is 13.9. The fourth-order valence-electron chi connectivity index (χ4n) is 1.82. The van der Waals surface area contributed by atoms with E-state index in [-0.39, 0.29) is 13.1 Å². The molecule has 0 radical (unpaired) electrons. The Morgan fingerprint density at radius 3 is 2.50 bits per heavy atom. The molecular formula is C14H20O4. The Kier molecular flexibility index (Phi) is 6.39. The zero-order chi connectivity index (χ0) is 13.4. The Morgan fingerprint density at radius 1 is 1.33 bits per heavy atom. The van der Waals surface area contributed by atoms with E-state index in [0.717, 1.165) is 24.8 Å². The molecule has 1 rings (SSSR count). The standard InChI is InChI=1S/C14H20O4/c1-2-3-4-11-5-7-12(8-6-11)13(9-15)14(17)18-10-16/h5-8,10,13-15,17H,2-4,9H2,1H3. The molecule has 0 aliphatic rings. The van der Waals surface area contributed by atoms with Crippen molar-refractivity contribution in [3.05, 3.63) is 35.4 Å². The molecule has 0 spiro atoms. The average molecular weight is 252 g/mol. The molecule has 0 aliphatic heterocycles. The second kappa shape index (κ2) is 7.84. The van der Waals surface area contributed by atoms with Crippen LogP contribution in [0.2, 0.25) is 0 Å². The SMILES string of the molecule is CCCCc1ccc(C(CO)C(O)OC=O)cc1. The molecule has 0 fully saturated rings. The Hall–Kier alpha value is -1.39. The Morgan fingerprint density at radius 2 is 2.00 bits per heavy atom. The first-order chi connectivity index (χ1) is 8.72. The molecule has 0 saturated carbocycles. The number of rotatable bonds is 8. The van der Waals surface area contributed by atoms with Gasteiger partial charge in [-0.05, 0) is 24.0 Å². The van der Waals surface area contributed by atoms with Crippen molar-refractivity contribution in [1.82, 2.24) is 0 Å². The van der Waals surface area contributed by atoms with E-state index in [2.05, 4.69) is 11.7 Å². The third-order valence-electron chi connectivity index (χ3n) is 2.96. The first kappa shape index (κ1) is 14.7. The highest BCUT2D eigenvalue weighted by atomic mass is 16.6. The number of aryl methyl sites for hydroxylation is 1. The van der Waals surface area contributed by atoms with Crippen LogP contribution in [-0.4, -0.2) is 29.6 Å². The summed E-state index contributed by atoms with van der Waals surface area (Å²) in [5.41, 5.74) is 1.98. The molecule has 4 nitrogen and oxygen atoms in total. The van der Waals surface area contributed by atoms with Gasteiger partial charge in [-0.2, -0.15) is 0 Å². The number of unbranched alkanes of at least 4 members (excludes halogenated alkanes) is 1. The summed E-state index contributed by atoms with van der Waals surface area (Å²) >= 11 is 0. The topological polar surface area (TPSA) is 66.8 Å². The first-order valence-corrected chi connectivity index (χ1v) is 6.19. The molecule has 0 aliphatic carbocycles. The molecule has 0 heterocycles. The molecule has 0 aromatic heterocycles. The quantitative estimate of drug-likeness (QED) is 0.544. The van der Waals surface area contributed by atoms with E-state index < -0.39 is 12.2 Å². The van der Waals surface area contributed by atoms with Gasteiger partial charge in [-0.15, -0.1) is 0 Å². The van der Waals surface area contributed by atoms with Crippen LogP contribution in [0.5, 0.6) is 0 Å². The highest BCUT2D eigenvalue weighted by Crippen LogP contribution is 2.21. The van der Waals surface area contributed by atoms with Crippen molar-refractivity contribution in [2.24, 2.45) is 0 Å². The van der Waals surface area contributed by atoms with Crippen molar-refractivity contribution in [1.29, 1.82) is 0 Å². The van der Waals surface area contributed by atoms with Gasteiger partial charge in [0.2, 0.25) is 6.29 Å². The smallest absolute Gasteiger partial charge is 0.295 e. The summed E-state index contributed by atoms with van der Waals surface area (Å²) in [4.78, 5) is 10.2. The number of aliphatic hydroxyl groups excluding tert-OH is 2. The largest absolute Gasteiger partial charge is 0.437 e. The van der Waals surface area contributed by atoms with Gasteiger partial charge < -0.3 is 14.9 Å². The molecule has 2 N–H and O–H groups in total. The third kappa shape index (κ3) is 4.13. The molecule has 1 aromatic rings. The molecular weight excluding hydrogens is 232 g/mol. The van der Waals surface area contributed by atoms with Crippen molar-refractivity contribution in [3.63, 3.8) is 0 Å². The van der Waals surface area contributed by atoms with E-state index >= 15 is 0 Å². The summed E-state index contributed by atoms with van der Waals surface area (Å²) in [6.07, 6.45) is 1.99. The van der Waals surface area contributed by atoms with Gasteiger partial charge in [0.25, 0.3) is 6.47 Å². The minimum absolute atomic E-state index is 0.183. The Bertz CT molecular complexity index is 347. The van der Waals surface area contributed by atoms with Gasteiger partial charge >= 0.3 is 0 Å². The second-order valence-corrected chi connectivity index (χ2v) is 4.26. The van der Waals surface area contributed by atoms with Crippen LogP contribution in [-0.2, 0) is 16.0 Å². The van der Waals surface area contributed by atoms with Gasteiger partial charge in [-0.1, -0.05) is 37.6 Å². The third-order valence-corrected chi connectivity index (χ3v) is 2.96. The lowest BCUT2D eigenvalue weighted by atomic mass is 9.97. The van der Waals surface area contributed by atoms with E-state index in [1.807, 2.05) is 24.3 Å². The van der Waals surface area contributed by atoms with Gasteiger partial charge in [0.05, 0.1) is 12.5 Å². The predicted octanol–water partition coefficient (Wildman–Crippen LogP) is 1.60. The fourth-order valence-corrected chi connectivity index (χ4v) is 1.82. The Labute approximate surface area is 107 Å². The summed E-state index contributed by atoms with van der Waals surface area (Å²) in [5.74, 6) is -0.601. The van der Waals surface area contributed by atoms with E-state index in [4.69, 9.17) is 0 Å². The number of ether oxygens (including phenoxy) is 1. The molecule has 0 amide bonds. The summed E-state index contributed by atoms with van der Waals surface area (Å²) in [6, 6.07) is 7.65. The summed E-state index contributed by atoms with van der Waals surface area (Å²) < 4.78 is 4.46. The highest BCUT2D eigenvalue weighted by Gasteiger charge is 2.21. The molecule has 100 valence electrons. The predicted molar refractivity (Wildman–Crippen MR) is 68.0 cm³/mol. The van der Waals surface area contributed by atoms with E-state index in [9.17, 15) is 15.0 Å². The lowest BCUT2D eigenvalue weighted by Crippen LogP contribution is -2.24. The van der Waals surface area contributed by atoms with Crippen molar-refractivity contribution >= 4 is 6.47 Å². The van der Waals surface area contributed by atoms with E-state index in [0.29, 0.717) is 0 Å². The maximum Gasteiger partial charge on any atom is 0.295 e. The number of hydrogen-bond acceptors (Lipinski definition) is 4. The first-order valence-electron chi connectivity index (χ1n) is 6.19. The van der Waals surface area contributed by atoms with Crippen LogP contribution in [0.15, 0.2) is 24.3 Å². The van der Waals surface area contributed by atoms with Gasteiger partial charge in [0.15, 0.2) is 0 Å². The van der Waals surface area contributed by atoms with Gasteiger partial charge in [0.1, 0.15) is 0 Å². The van der Waals surface area contributed by atoms with Crippen molar-refractivity contribution in [3.8, 4) is 0 Å². The minimum atomic E-state index is -1.31. The lowest BCUT2D eigenvalue weighted by molar-refractivity contribution is -0.157. The number of carbonyl (C=O) groups is 1. The second-order valence-electron chi connectivity index (χ2n) is 4.26. The van der Waals surface area contributed by atoms with Crippen LogP contribution in [0.1, 0.15) is 36.8 Å². The molecule has 0 bridgehead atoms. The molecule has 18 heavy (non-hydrogen) atoms. The summed E-state index contributed by atoms with van der Waals surface area (Å²) in [5, 5.41) is 18.8. The number of aliphatic hydroxyl groups is 2. The van der Waals surface area contributed by atoms with Gasteiger partial charge in [-0.25, -0.2) is 0 Å². The molecule has 1 aromatic carbocycles. The van der Waals surface area contributed by atoms with E-state index in [1.165, 1.54) is 5.56 Å². The number of benzene rings is 1. The molecule has 4 heteroatoms. The zero-order valence-corrected chi connectivity index (χ0v) is 10.6. The van der Waals surface area contributed by atoms with Crippen LogP contribution in [0, 0.1) is 0 Å². The monoisotopic (exact) mass is 252 g/mol.